The van der Waals surface area contributed by atoms with Crippen LogP contribution in [0.5, 0.6) is 0 Å². The van der Waals surface area contributed by atoms with Gasteiger partial charge in [0, 0.05) is 51.1 Å². The topological polar surface area (TPSA) is 160 Å². The molecule has 0 fully saturated rings. The van der Waals surface area contributed by atoms with Crippen LogP contribution in [-0.4, -0.2) is 70.7 Å². The van der Waals surface area contributed by atoms with E-state index in [-0.39, 0.29) is 6.61 Å². The summed E-state index contributed by atoms with van der Waals surface area (Å²) < 4.78 is 16.4. The van der Waals surface area contributed by atoms with Crippen molar-refractivity contribution in [2.45, 2.75) is 39.6 Å². The Hall–Kier alpha value is -2.53. The van der Waals surface area contributed by atoms with Crippen molar-refractivity contribution in [2.75, 3.05) is 26.4 Å². The van der Waals surface area contributed by atoms with Crippen LogP contribution in [0.25, 0.3) is 0 Å². The fraction of sp³-hybridized carbons (Fsp3) is 0.526. The first-order valence-corrected chi connectivity index (χ1v) is 8.64. The Balaban J connectivity index is -0.000000171. The number of carboxylic acids is 3. The molecule has 0 aliphatic carbocycles. The second-order valence-electron chi connectivity index (χ2n) is 4.44. The van der Waals surface area contributed by atoms with Crippen molar-refractivity contribution in [3.05, 3.63) is 38.0 Å². The van der Waals surface area contributed by atoms with Crippen molar-refractivity contribution in [2.24, 2.45) is 0 Å². The minimum absolute atomic E-state index is 0.120. The Morgan fingerprint density at radius 3 is 1.14 bits per heavy atom. The summed E-state index contributed by atoms with van der Waals surface area (Å²) in [5, 5.41) is 31.6. The second kappa shape index (κ2) is 25.5. The van der Waals surface area contributed by atoms with E-state index >= 15 is 0 Å². The molecule has 0 aromatic carbocycles. The molecule has 0 aromatic rings. The van der Waals surface area contributed by atoms with E-state index in [1.54, 1.807) is 0 Å². The molecule has 29 heavy (non-hydrogen) atoms. The van der Waals surface area contributed by atoms with Gasteiger partial charge in [0.25, 0.3) is 5.97 Å². The number of aliphatic carboxylic acids is 3. The van der Waals surface area contributed by atoms with Crippen LogP contribution in [0, 0.1) is 0 Å². The number of hydrogen-bond acceptors (Lipinski definition) is 7. The number of rotatable bonds is 12. The average molecular weight is 422 g/mol. The molecule has 0 unspecified atom stereocenters. The SMILES string of the molecule is C=CC(=O)O.C=CC(=O)O.C=CC(=O)O.CCOC(CCCO)(OCC)OCC. The number of carboxylic acid groups (broad SMARTS) is 3. The lowest BCUT2D eigenvalue weighted by atomic mass is 10.3. The fourth-order valence-electron chi connectivity index (χ4n) is 1.30. The molecule has 0 saturated carbocycles. The standard InChI is InChI=1S/C10H22O4.3C3H4O2/c1-4-12-10(13-5-2,14-6-3)8-7-9-11;3*1-2-3(4)5/h11H,4-9H2,1-3H3;3*2H,1H2,(H,4,5). The predicted molar refractivity (Wildman–Crippen MR) is 107 cm³/mol. The van der Waals surface area contributed by atoms with Crippen molar-refractivity contribution in [3.8, 4) is 0 Å². The molecule has 0 aliphatic rings. The molecule has 0 bridgehead atoms. The molecule has 0 aliphatic heterocycles. The van der Waals surface area contributed by atoms with Crippen LogP contribution in [0.15, 0.2) is 38.0 Å². The Kier molecular flexibility index (Phi) is 29.9. The zero-order valence-electron chi connectivity index (χ0n) is 17.3. The highest BCUT2D eigenvalue weighted by Gasteiger charge is 2.31. The Morgan fingerprint density at radius 2 is 1.00 bits per heavy atom. The number of ether oxygens (including phenoxy) is 3. The van der Waals surface area contributed by atoms with Crippen LogP contribution in [0.4, 0.5) is 0 Å². The van der Waals surface area contributed by atoms with Gasteiger partial charge in [-0.2, -0.15) is 0 Å². The Labute approximate surface area is 171 Å². The lowest BCUT2D eigenvalue weighted by Crippen LogP contribution is -2.39. The zero-order valence-corrected chi connectivity index (χ0v) is 17.3. The van der Waals surface area contributed by atoms with Crippen LogP contribution in [-0.2, 0) is 28.6 Å². The average Bonchev–Trinajstić information content (AvgIpc) is 2.68. The molecule has 0 saturated heterocycles. The molecule has 0 spiro atoms. The third kappa shape index (κ3) is 33.5. The third-order valence-electron chi connectivity index (χ3n) is 2.26. The van der Waals surface area contributed by atoms with Crippen molar-refractivity contribution in [3.63, 3.8) is 0 Å². The minimum Gasteiger partial charge on any atom is -0.478 e. The van der Waals surface area contributed by atoms with E-state index < -0.39 is 23.9 Å². The molecule has 10 heteroatoms. The first kappa shape index (κ1) is 34.0. The van der Waals surface area contributed by atoms with Crippen molar-refractivity contribution in [1.82, 2.24) is 0 Å². The molecule has 0 amide bonds. The van der Waals surface area contributed by atoms with E-state index in [0.717, 1.165) is 18.2 Å². The summed E-state index contributed by atoms with van der Waals surface area (Å²) in [5.74, 6) is -3.90. The van der Waals surface area contributed by atoms with E-state index in [0.29, 0.717) is 32.7 Å². The van der Waals surface area contributed by atoms with Gasteiger partial charge in [-0.25, -0.2) is 14.4 Å². The lowest BCUT2D eigenvalue weighted by Gasteiger charge is -2.32. The summed E-state index contributed by atoms with van der Waals surface area (Å²) in [6.07, 6.45) is 3.67. The minimum atomic E-state index is -0.981. The van der Waals surface area contributed by atoms with Gasteiger partial charge in [0.2, 0.25) is 0 Å². The first-order valence-electron chi connectivity index (χ1n) is 8.64. The van der Waals surface area contributed by atoms with Crippen LogP contribution >= 0.6 is 0 Å². The second-order valence-corrected chi connectivity index (χ2v) is 4.44. The number of aliphatic hydroxyl groups is 1. The third-order valence-corrected chi connectivity index (χ3v) is 2.26. The molecule has 0 atom stereocenters. The first-order chi connectivity index (χ1) is 13.6. The molecule has 0 heterocycles. The normalized spacial score (nSPS) is 9.10. The van der Waals surface area contributed by atoms with E-state index in [2.05, 4.69) is 19.7 Å². The smallest absolute Gasteiger partial charge is 0.327 e. The highest BCUT2D eigenvalue weighted by molar-refractivity contribution is 5.79. The van der Waals surface area contributed by atoms with Gasteiger partial charge >= 0.3 is 17.9 Å². The molecule has 0 rings (SSSR count). The van der Waals surface area contributed by atoms with Crippen molar-refractivity contribution < 1.29 is 49.0 Å². The highest BCUT2D eigenvalue weighted by atomic mass is 16.9. The summed E-state index contributed by atoms with van der Waals surface area (Å²) in [6, 6.07) is 0. The maximum atomic E-state index is 9.25. The zero-order chi connectivity index (χ0) is 23.7. The van der Waals surface area contributed by atoms with Crippen LogP contribution in [0.1, 0.15) is 33.6 Å². The van der Waals surface area contributed by atoms with Gasteiger partial charge in [-0.1, -0.05) is 19.7 Å². The van der Waals surface area contributed by atoms with E-state index in [1.165, 1.54) is 0 Å². The summed E-state index contributed by atoms with van der Waals surface area (Å²) >= 11 is 0. The molecule has 170 valence electrons. The lowest BCUT2D eigenvalue weighted by molar-refractivity contribution is -0.380. The van der Waals surface area contributed by atoms with Crippen LogP contribution in [0.3, 0.4) is 0 Å². The maximum absolute atomic E-state index is 9.25. The molecule has 4 N–H and O–H groups in total. The van der Waals surface area contributed by atoms with Gasteiger partial charge in [0.1, 0.15) is 0 Å². The van der Waals surface area contributed by atoms with E-state index in [1.807, 2.05) is 20.8 Å². The molecule has 0 radical (unpaired) electrons. The molecule has 0 aromatic heterocycles. The van der Waals surface area contributed by atoms with Crippen LogP contribution in [0.2, 0.25) is 0 Å². The summed E-state index contributed by atoms with van der Waals surface area (Å²) in [4.78, 5) is 27.8. The highest BCUT2D eigenvalue weighted by Crippen LogP contribution is 2.21. The number of carbonyl (C=O) groups is 3. The quantitative estimate of drug-likeness (QED) is 0.271. The molecular formula is C19H34O10. The Bertz CT molecular complexity index is 400. The fourth-order valence-corrected chi connectivity index (χ4v) is 1.30. The van der Waals surface area contributed by atoms with E-state index in [4.69, 9.17) is 34.6 Å². The maximum Gasteiger partial charge on any atom is 0.327 e. The number of aliphatic hydroxyl groups excluding tert-OH is 1. The van der Waals surface area contributed by atoms with Gasteiger partial charge in [-0.15, -0.1) is 0 Å². The van der Waals surface area contributed by atoms with Crippen LogP contribution < -0.4 is 0 Å². The summed E-state index contributed by atoms with van der Waals surface area (Å²) in [5.41, 5.74) is 0. The van der Waals surface area contributed by atoms with Crippen molar-refractivity contribution >= 4 is 17.9 Å². The Morgan fingerprint density at radius 1 is 0.759 bits per heavy atom. The van der Waals surface area contributed by atoms with Gasteiger partial charge in [0.15, 0.2) is 0 Å². The van der Waals surface area contributed by atoms with Gasteiger partial charge in [-0.3, -0.25) is 0 Å². The van der Waals surface area contributed by atoms with Gasteiger partial charge < -0.3 is 34.6 Å². The number of hydrogen-bond donors (Lipinski definition) is 4. The molecular weight excluding hydrogens is 388 g/mol. The van der Waals surface area contributed by atoms with E-state index in [9.17, 15) is 14.4 Å². The monoisotopic (exact) mass is 422 g/mol. The summed E-state index contributed by atoms with van der Waals surface area (Å²) in [7, 11) is 0. The van der Waals surface area contributed by atoms with Gasteiger partial charge in [-0.05, 0) is 27.2 Å². The molecule has 10 nitrogen and oxygen atoms in total. The van der Waals surface area contributed by atoms with Gasteiger partial charge in [0.05, 0.1) is 0 Å². The van der Waals surface area contributed by atoms with Crippen molar-refractivity contribution in [1.29, 1.82) is 0 Å². The largest absolute Gasteiger partial charge is 0.478 e. The summed E-state index contributed by atoms with van der Waals surface area (Å²) in [6.45, 7) is 16.3. The predicted octanol–water partition coefficient (Wildman–Crippen LogP) is 2.29.